The first-order chi connectivity index (χ1) is 4.47. The standard InChI is InChI=1S/C7H10N2/c1-2-4-7-6(3-1)5-8-9-7/h1-2,6,8H,3-5H2. The number of hydrogen-bond donors (Lipinski definition) is 1. The number of rotatable bonds is 0. The Morgan fingerprint density at radius 3 is 3.44 bits per heavy atom. The molecule has 1 atom stereocenters. The molecule has 9 heavy (non-hydrogen) atoms. The summed E-state index contributed by atoms with van der Waals surface area (Å²) in [5.41, 5.74) is 4.36. The first-order valence-corrected chi connectivity index (χ1v) is 3.41. The molecule has 0 bridgehead atoms. The van der Waals surface area contributed by atoms with Gasteiger partial charge in [0, 0.05) is 24.6 Å². The summed E-state index contributed by atoms with van der Waals surface area (Å²) in [5.74, 6) is 0.718. The van der Waals surface area contributed by atoms with Crippen molar-refractivity contribution in [1.29, 1.82) is 0 Å². The van der Waals surface area contributed by atoms with Crippen molar-refractivity contribution in [2.45, 2.75) is 12.8 Å². The maximum atomic E-state index is 4.17. The first kappa shape index (κ1) is 5.03. The molecule has 48 valence electrons. The third-order valence-electron chi connectivity index (χ3n) is 1.95. The van der Waals surface area contributed by atoms with Crippen LogP contribution in [-0.4, -0.2) is 12.3 Å². The van der Waals surface area contributed by atoms with E-state index in [4.69, 9.17) is 0 Å². The second-order valence-electron chi connectivity index (χ2n) is 2.57. The number of nitrogens with one attached hydrogen (secondary N) is 1. The van der Waals surface area contributed by atoms with E-state index in [2.05, 4.69) is 22.7 Å². The lowest BCUT2D eigenvalue weighted by Crippen LogP contribution is -2.16. The molecule has 2 rings (SSSR count). The van der Waals surface area contributed by atoms with Gasteiger partial charge in [-0.05, 0) is 6.42 Å². The van der Waals surface area contributed by atoms with E-state index in [0.29, 0.717) is 0 Å². The van der Waals surface area contributed by atoms with Crippen LogP contribution in [0.3, 0.4) is 0 Å². The van der Waals surface area contributed by atoms with Crippen LogP contribution in [0.4, 0.5) is 0 Å². The highest BCUT2D eigenvalue weighted by Gasteiger charge is 2.20. The van der Waals surface area contributed by atoms with E-state index in [1.54, 1.807) is 0 Å². The molecule has 0 aromatic carbocycles. The summed E-state index contributed by atoms with van der Waals surface area (Å²) in [5, 5.41) is 4.17. The van der Waals surface area contributed by atoms with Gasteiger partial charge in [0.2, 0.25) is 0 Å². The zero-order valence-corrected chi connectivity index (χ0v) is 5.30. The fourth-order valence-electron chi connectivity index (χ4n) is 1.36. The van der Waals surface area contributed by atoms with Gasteiger partial charge in [-0.1, -0.05) is 12.2 Å². The van der Waals surface area contributed by atoms with E-state index in [-0.39, 0.29) is 0 Å². The first-order valence-electron chi connectivity index (χ1n) is 3.41. The van der Waals surface area contributed by atoms with Crippen LogP contribution in [0, 0.1) is 5.92 Å². The Kier molecular flexibility index (Phi) is 1.04. The summed E-state index contributed by atoms with van der Waals surface area (Å²) < 4.78 is 0. The Balaban J connectivity index is 2.20. The molecule has 0 amide bonds. The topological polar surface area (TPSA) is 24.4 Å². The fourth-order valence-corrected chi connectivity index (χ4v) is 1.36. The zero-order chi connectivity index (χ0) is 6.10. The van der Waals surface area contributed by atoms with Crippen molar-refractivity contribution in [3.8, 4) is 0 Å². The van der Waals surface area contributed by atoms with E-state index in [1.165, 1.54) is 12.1 Å². The molecule has 1 heterocycles. The predicted molar refractivity (Wildman–Crippen MR) is 37.3 cm³/mol. The van der Waals surface area contributed by atoms with Crippen LogP contribution in [0.25, 0.3) is 0 Å². The van der Waals surface area contributed by atoms with Gasteiger partial charge in [-0.25, -0.2) is 0 Å². The smallest absolute Gasteiger partial charge is 0.0468 e. The maximum absolute atomic E-state index is 4.17. The maximum Gasteiger partial charge on any atom is 0.0468 e. The van der Waals surface area contributed by atoms with Gasteiger partial charge in [0.25, 0.3) is 0 Å². The number of hydrogen-bond acceptors (Lipinski definition) is 2. The quantitative estimate of drug-likeness (QED) is 0.474. The van der Waals surface area contributed by atoms with Crippen LogP contribution < -0.4 is 5.43 Å². The van der Waals surface area contributed by atoms with E-state index in [9.17, 15) is 0 Å². The molecule has 1 aliphatic carbocycles. The Morgan fingerprint density at radius 1 is 1.56 bits per heavy atom. The van der Waals surface area contributed by atoms with Crippen molar-refractivity contribution in [3.05, 3.63) is 12.2 Å². The minimum Gasteiger partial charge on any atom is -0.309 e. The Hall–Kier alpha value is -0.790. The third kappa shape index (κ3) is 0.745. The SMILES string of the molecule is C1=CCC2CNN=C2C1. The van der Waals surface area contributed by atoms with Gasteiger partial charge >= 0.3 is 0 Å². The minimum absolute atomic E-state index is 0.718. The van der Waals surface area contributed by atoms with Crippen molar-refractivity contribution in [2.75, 3.05) is 6.54 Å². The molecule has 0 saturated heterocycles. The lowest BCUT2D eigenvalue weighted by molar-refractivity contribution is 0.659. The summed E-state index contributed by atoms with van der Waals surface area (Å²) >= 11 is 0. The van der Waals surface area contributed by atoms with E-state index < -0.39 is 0 Å². The fraction of sp³-hybridized carbons (Fsp3) is 0.571. The molecule has 0 spiro atoms. The highest BCUT2D eigenvalue weighted by atomic mass is 15.3. The Morgan fingerprint density at radius 2 is 2.56 bits per heavy atom. The molecule has 2 nitrogen and oxygen atoms in total. The van der Waals surface area contributed by atoms with E-state index >= 15 is 0 Å². The normalized spacial score (nSPS) is 31.1. The van der Waals surface area contributed by atoms with Gasteiger partial charge in [-0.3, -0.25) is 0 Å². The highest BCUT2D eigenvalue weighted by molar-refractivity contribution is 5.90. The molecule has 1 aliphatic heterocycles. The van der Waals surface area contributed by atoms with Crippen molar-refractivity contribution in [1.82, 2.24) is 5.43 Å². The Labute approximate surface area is 54.6 Å². The molecule has 0 saturated carbocycles. The van der Waals surface area contributed by atoms with Crippen LogP contribution >= 0.6 is 0 Å². The number of hydrazone groups is 1. The largest absolute Gasteiger partial charge is 0.309 e. The summed E-state index contributed by atoms with van der Waals surface area (Å²) in [6.07, 6.45) is 6.70. The van der Waals surface area contributed by atoms with Gasteiger partial charge < -0.3 is 5.43 Å². The zero-order valence-electron chi connectivity index (χ0n) is 5.30. The van der Waals surface area contributed by atoms with Crippen molar-refractivity contribution in [2.24, 2.45) is 11.0 Å². The number of nitrogens with zero attached hydrogens (tertiary/aromatic N) is 1. The van der Waals surface area contributed by atoms with Crippen LogP contribution in [0.5, 0.6) is 0 Å². The summed E-state index contributed by atoms with van der Waals surface area (Å²) in [6, 6.07) is 0. The van der Waals surface area contributed by atoms with Gasteiger partial charge in [0.05, 0.1) is 0 Å². The second-order valence-corrected chi connectivity index (χ2v) is 2.57. The number of fused-ring (bicyclic) bond motifs is 1. The van der Waals surface area contributed by atoms with Crippen molar-refractivity contribution >= 4 is 5.71 Å². The molecule has 0 aromatic heterocycles. The van der Waals surface area contributed by atoms with Crippen molar-refractivity contribution in [3.63, 3.8) is 0 Å². The van der Waals surface area contributed by atoms with Crippen LogP contribution in [0.15, 0.2) is 17.3 Å². The monoisotopic (exact) mass is 122 g/mol. The lowest BCUT2D eigenvalue weighted by Gasteiger charge is -2.10. The average molecular weight is 122 g/mol. The molecule has 0 aromatic rings. The van der Waals surface area contributed by atoms with Gasteiger partial charge in [0.15, 0.2) is 0 Å². The highest BCUT2D eigenvalue weighted by Crippen LogP contribution is 2.17. The van der Waals surface area contributed by atoms with E-state index in [1.807, 2.05) is 0 Å². The molecule has 1 N–H and O–H groups in total. The Bertz CT molecular complexity index is 170. The molecule has 2 aliphatic rings. The molecular formula is C7H10N2. The van der Waals surface area contributed by atoms with Crippen molar-refractivity contribution < 1.29 is 0 Å². The summed E-state index contributed by atoms with van der Waals surface area (Å²) in [6.45, 7) is 1.06. The van der Waals surface area contributed by atoms with E-state index in [0.717, 1.165) is 18.9 Å². The third-order valence-corrected chi connectivity index (χ3v) is 1.95. The average Bonchev–Trinajstić information content (AvgIpc) is 2.33. The second kappa shape index (κ2) is 1.87. The molecule has 0 radical (unpaired) electrons. The lowest BCUT2D eigenvalue weighted by atomic mass is 9.93. The predicted octanol–water partition coefficient (Wildman–Crippen LogP) is 0.912. The van der Waals surface area contributed by atoms with Gasteiger partial charge in [-0.2, -0.15) is 5.10 Å². The summed E-state index contributed by atoms with van der Waals surface area (Å²) in [4.78, 5) is 0. The van der Waals surface area contributed by atoms with Crippen LogP contribution in [0.2, 0.25) is 0 Å². The molecule has 0 fully saturated rings. The molecule has 2 heteroatoms. The van der Waals surface area contributed by atoms with Crippen LogP contribution in [0.1, 0.15) is 12.8 Å². The summed E-state index contributed by atoms with van der Waals surface area (Å²) in [7, 11) is 0. The number of allylic oxidation sites excluding steroid dienone is 2. The molecule has 1 unspecified atom stereocenters. The van der Waals surface area contributed by atoms with Gasteiger partial charge in [0.1, 0.15) is 0 Å². The van der Waals surface area contributed by atoms with Crippen LogP contribution in [-0.2, 0) is 0 Å². The minimum atomic E-state index is 0.718. The van der Waals surface area contributed by atoms with Gasteiger partial charge in [-0.15, -0.1) is 0 Å². The molecular weight excluding hydrogens is 112 g/mol.